The monoisotopic (exact) mass is 318 g/mol. The Morgan fingerprint density at radius 2 is 2.04 bits per heavy atom. The quantitative estimate of drug-likeness (QED) is 0.468. The fourth-order valence-electron chi connectivity index (χ4n) is 4.12. The van der Waals surface area contributed by atoms with E-state index in [1.807, 2.05) is 0 Å². The second-order valence-electron chi connectivity index (χ2n) is 7.89. The SMILES string of the molecule is CC=CC=C(C)N1CCC2(CC1)CC2CNC(C)CCCCC. The molecule has 1 spiro atoms. The first-order valence-corrected chi connectivity index (χ1v) is 9.89. The summed E-state index contributed by atoms with van der Waals surface area (Å²) in [5, 5.41) is 3.80. The van der Waals surface area contributed by atoms with E-state index < -0.39 is 0 Å². The average Bonchev–Trinajstić information content (AvgIpc) is 3.23. The van der Waals surface area contributed by atoms with Crippen LogP contribution in [0.2, 0.25) is 0 Å². The molecule has 1 saturated heterocycles. The van der Waals surface area contributed by atoms with Gasteiger partial charge in [0.1, 0.15) is 0 Å². The third-order valence-electron chi connectivity index (χ3n) is 6.10. The molecule has 0 amide bonds. The zero-order chi connectivity index (χ0) is 16.7. The lowest BCUT2D eigenvalue weighted by molar-refractivity contribution is 0.198. The van der Waals surface area contributed by atoms with Crippen molar-refractivity contribution >= 4 is 0 Å². The first-order valence-electron chi connectivity index (χ1n) is 9.89. The molecule has 2 fully saturated rings. The Morgan fingerprint density at radius 1 is 1.30 bits per heavy atom. The van der Waals surface area contributed by atoms with Crippen LogP contribution in [-0.4, -0.2) is 30.6 Å². The van der Waals surface area contributed by atoms with E-state index in [9.17, 15) is 0 Å². The van der Waals surface area contributed by atoms with Crippen molar-refractivity contribution in [3.63, 3.8) is 0 Å². The Hall–Kier alpha value is -0.760. The van der Waals surface area contributed by atoms with E-state index in [2.05, 4.69) is 56.1 Å². The van der Waals surface area contributed by atoms with Gasteiger partial charge in [0.15, 0.2) is 0 Å². The van der Waals surface area contributed by atoms with Crippen molar-refractivity contribution in [2.24, 2.45) is 11.3 Å². The first kappa shape index (κ1) is 18.6. The zero-order valence-electron chi connectivity index (χ0n) is 15.9. The summed E-state index contributed by atoms with van der Waals surface area (Å²) in [5.41, 5.74) is 2.12. The summed E-state index contributed by atoms with van der Waals surface area (Å²) in [5.74, 6) is 0.943. The van der Waals surface area contributed by atoms with Gasteiger partial charge in [-0.1, -0.05) is 38.3 Å². The molecule has 23 heavy (non-hydrogen) atoms. The fraction of sp³-hybridized carbons (Fsp3) is 0.810. The molecule has 2 atom stereocenters. The minimum absolute atomic E-state index is 0.688. The molecule has 0 aromatic carbocycles. The maximum absolute atomic E-state index is 3.80. The van der Waals surface area contributed by atoms with Gasteiger partial charge in [-0.2, -0.15) is 0 Å². The zero-order valence-corrected chi connectivity index (χ0v) is 15.9. The fourth-order valence-corrected chi connectivity index (χ4v) is 4.12. The van der Waals surface area contributed by atoms with Crippen LogP contribution in [0.1, 0.15) is 72.6 Å². The first-order chi connectivity index (χ1) is 11.1. The van der Waals surface area contributed by atoms with Gasteiger partial charge in [-0.3, -0.25) is 0 Å². The number of likely N-dealkylation sites (tertiary alicyclic amines) is 1. The van der Waals surface area contributed by atoms with Crippen LogP contribution in [0, 0.1) is 11.3 Å². The number of hydrogen-bond donors (Lipinski definition) is 1. The van der Waals surface area contributed by atoms with Gasteiger partial charge in [-0.25, -0.2) is 0 Å². The van der Waals surface area contributed by atoms with Crippen molar-refractivity contribution in [1.82, 2.24) is 10.2 Å². The minimum atomic E-state index is 0.688. The van der Waals surface area contributed by atoms with Gasteiger partial charge >= 0.3 is 0 Å². The van der Waals surface area contributed by atoms with Crippen molar-refractivity contribution in [3.8, 4) is 0 Å². The Bertz CT molecular complexity index is 402. The van der Waals surface area contributed by atoms with E-state index in [-0.39, 0.29) is 0 Å². The highest BCUT2D eigenvalue weighted by Gasteiger charge is 2.54. The molecule has 0 bridgehead atoms. The highest BCUT2D eigenvalue weighted by Crippen LogP contribution is 2.59. The lowest BCUT2D eigenvalue weighted by Gasteiger charge is -2.35. The number of rotatable bonds is 9. The van der Waals surface area contributed by atoms with Crippen molar-refractivity contribution in [3.05, 3.63) is 23.9 Å². The van der Waals surface area contributed by atoms with E-state index in [4.69, 9.17) is 0 Å². The number of piperidine rings is 1. The van der Waals surface area contributed by atoms with Crippen molar-refractivity contribution < 1.29 is 0 Å². The highest BCUT2D eigenvalue weighted by atomic mass is 15.1. The predicted molar refractivity (Wildman–Crippen MR) is 102 cm³/mol. The number of allylic oxidation sites excluding steroid dienone is 4. The topological polar surface area (TPSA) is 15.3 Å². The molecule has 2 nitrogen and oxygen atoms in total. The summed E-state index contributed by atoms with van der Waals surface area (Å²) in [7, 11) is 0. The average molecular weight is 319 g/mol. The summed E-state index contributed by atoms with van der Waals surface area (Å²) >= 11 is 0. The highest BCUT2D eigenvalue weighted by molar-refractivity contribution is 5.13. The van der Waals surface area contributed by atoms with Crippen LogP contribution < -0.4 is 5.32 Å². The molecule has 1 aliphatic heterocycles. The number of nitrogens with one attached hydrogen (secondary N) is 1. The number of nitrogens with zero attached hydrogens (tertiary/aromatic N) is 1. The Kier molecular flexibility index (Phi) is 7.20. The third-order valence-corrected chi connectivity index (χ3v) is 6.10. The van der Waals surface area contributed by atoms with Crippen LogP contribution in [0.25, 0.3) is 0 Å². The van der Waals surface area contributed by atoms with Gasteiger partial charge in [0, 0.05) is 24.8 Å². The lowest BCUT2D eigenvalue weighted by Crippen LogP contribution is -2.35. The van der Waals surface area contributed by atoms with E-state index in [1.165, 1.54) is 70.3 Å². The van der Waals surface area contributed by atoms with Crippen LogP contribution >= 0.6 is 0 Å². The number of unbranched alkanes of at least 4 members (excludes halogenated alkanes) is 2. The van der Waals surface area contributed by atoms with E-state index in [1.54, 1.807) is 0 Å². The molecular formula is C21H38N2. The Labute approximate surface area is 144 Å². The van der Waals surface area contributed by atoms with Gasteiger partial charge in [-0.05, 0) is 70.4 Å². The van der Waals surface area contributed by atoms with Crippen LogP contribution in [0.3, 0.4) is 0 Å². The summed E-state index contributed by atoms with van der Waals surface area (Å²) in [6.07, 6.45) is 16.2. The summed E-state index contributed by atoms with van der Waals surface area (Å²) in [6.45, 7) is 12.7. The number of hydrogen-bond acceptors (Lipinski definition) is 2. The molecule has 132 valence electrons. The van der Waals surface area contributed by atoms with Gasteiger partial charge in [-0.15, -0.1) is 0 Å². The van der Waals surface area contributed by atoms with Gasteiger partial charge < -0.3 is 10.2 Å². The van der Waals surface area contributed by atoms with Crippen LogP contribution in [0.5, 0.6) is 0 Å². The molecule has 2 heteroatoms. The van der Waals surface area contributed by atoms with Crippen LogP contribution in [-0.2, 0) is 0 Å². The molecule has 2 aliphatic rings. The maximum Gasteiger partial charge on any atom is 0.0180 e. The minimum Gasteiger partial charge on any atom is -0.375 e. The molecule has 0 aromatic heterocycles. The largest absolute Gasteiger partial charge is 0.375 e. The molecular weight excluding hydrogens is 280 g/mol. The molecule has 0 aromatic rings. The van der Waals surface area contributed by atoms with Crippen molar-refractivity contribution in [2.45, 2.75) is 78.7 Å². The summed E-state index contributed by atoms with van der Waals surface area (Å²) < 4.78 is 0. The van der Waals surface area contributed by atoms with Gasteiger partial charge in [0.25, 0.3) is 0 Å². The van der Waals surface area contributed by atoms with Gasteiger partial charge in [0.2, 0.25) is 0 Å². The van der Waals surface area contributed by atoms with Crippen molar-refractivity contribution in [1.29, 1.82) is 0 Å². The molecule has 1 aliphatic carbocycles. The van der Waals surface area contributed by atoms with Crippen molar-refractivity contribution in [2.75, 3.05) is 19.6 Å². The lowest BCUT2D eigenvalue weighted by atomic mass is 9.90. The Morgan fingerprint density at radius 3 is 2.70 bits per heavy atom. The summed E-state index contributed by atoms with van der Waals surface area (Å²) in [6, 6.07) is 0.699. The normalized spacial score (nSPS) is 25.3. The van der Waals surface area contributed by atoms with E-state index in [0.29, 0.717) is 11.5 Å². The molecule has 1 N–H and O–H groups in total. The molecule has 2 unspecified atom stereocenters. The van der Waals surface area contributed by atoms with Crippen LogP contribution in [0.4, 0.5) is 0 Å². The second kappa shape index (κ2) is 8.92. The molecule has 0 radical (unpaired) electrons. The molecule has 2 rings (SSSR count). The smallest absolute Gasteiger partial charge is 0.0180 e. The van der Waals surface area contributed by atoms with E-state index >= 15 is 0 Å². The predicted octanol–water partition coefficient (Wildman–Crippen LogP) is 5.13. The summed E-state index contributed by atoms with van der Waals surface area (Å²) in [4.78, 5) is 2.57. The van der Waals surface area contributed by atoms with E-state index in [0.717, 1.165) is 5.92 Å². The second-order valence-corrected chi connectivity index (χ2v) is 7.89. The molecule has 1 saturated carbocycles. The van der Waals surface area contributed by atoms with Gasteiger partial charge in [0.05, 0.1) is 0 Å². The maximum atomic E-state index is 3.80. The Balaban J connectivity index is 1.66. The molecule has 1 heterocycles. The standard InChI is InChI=1S/C21H38N2/c1-5-7-9-10-18(3)22-17-20-16-21(20)12-14-23(15-13-21)19(4)11-8-6-2/h6,8,11,18,20,22H,5,7,9-10,12-17H2,1-4H3. The third kappa shape index (κ3) is 5.38. The van der Waals surface area contributed by atoms with Crippen LogP contribution in [0.15, 0.2) is 23.9 Å².